The third-order valence-electron chi connectivity index (χ3n) is 8.06. The van der Waals surface area contributed by atoms with Crippen LogP contribution in [0.25, 0.3) is 0 Å². The minimum atomic E-state index is 0.0306. The second-order valence-electron chi connectivity index (χ2n) is 11.8. The molecule has 4 nitrogen and oxygen atoms in total. The van der Waals surface area contributed by atoms with Crippen LogP contribution in [0.4, 0.5) is 0 Å². The highest BCUT2D eigenvalue weighted by Gasteiger charge is 2.41. The first-order chi connectivity index (χ1) is 15.6. The van der Waals surface area contributed by atoms with E-state index in [4.69, 9.17) is 23.2 Å². The molecule has 1 amide bonds. The quantitative estimate of drug-likeness (QED) is 0.476. The number of amides is 1. The van der Waals surface area contributed by atoms with Crippen molar-refractivity contribution in [1.82, 2.24) is 14.7 Å². The largest absolute Gasteiger partial charge is 0.337 e. The molecule has 3 aliphatic rings. The number of benzene rings is 1. The van der Waals surface area contributed by atoms with E-state index in [1.165, 1.54) is 24.8 Å². The van der Waals surface area contributed by atoms with Crippen LogP contribution in [-0.2, 0) is 4.79 Å². The van der Waals surface area contributed by atoms with Crippen LogP contribution in [0.5, 0.6) is 0 Å². The van der Waals surface area contributed by atoms with Gasteiger partial charge >= 0.3 is 0 Å². The van der Waals surface area contributed by atoms with Crippen LogP contribution in [0.2, 0.25) is 10.0 Å². The highest BCUT2D eigenvalue weighted by atomic mass is 35.5. The van der Waals surface area contributed by atoms with E-state index >= 15 is 0 Å². The van der Waals surface area contributed by atoms with Crippen LogP contribution in [0, 0.1) is 17.3 Å². The summed E-state index contributed by atoms with van der Waals surface area (Å²) < 4.78 is 0. The van der Waals surface area contributed by atoms with Gasteiger partial charge in [0.25, 0.3) is 0 Å². The van der Waals surface area contributed by atoms with E-state index in [0.29, 0.717) is 34.3 Å². The van der Waals surface area contributed by atoms with Crippen molar-refractivity contribution in [3.63, 3.8) is 0 Å². The van der Waals surface area contributed by atoms with E-state index in [1.54, 1.807) is 0 Å². The summed E-state index contributed by atoms with van der Waals surface area (Å²) in [5.41, 5.74) is 1.29. The lowest BCUT2D eigenvalue weighted by Crippen LogP contribution is -2.60. The van der Waals surface area contributed by atoms with E-state index in [-0.39, 0.29) is 11.5 Å². The third kappa shape index (κ3) is 6.45. The molecule has 1 saturated carbocycles. The van der Waals surface area contributed by atoms with Gasteiger partial charge in [-0.05, 0) is 74.3 Å². The van der Waals surface area contributed by atoms with Crippen LogP contribution in [-0.4, -0.2) is 66.4 Å². The summed E-state index contributed by atoms with van der Waals surface area (Å²) in [5.74, 6) is 1.70. The van der Waals surface area contributed by atoms with E-state index in [2.05, 4.69) is 54.7 Å². The third-order valence-corrected chi connectivity index (χ3v) is 8.79. The van der Waals surface area contributed by atoms with E-state index in [9.17, 15) is 4.79 Å². The van der Waals surface area contributed by atoms with Gasteiger partial charge in [0.2, 0.25) is 5.91 Å². The number of likely N-dealkylation sites (tertiary alicyclic amines) is 1. The lowest BCUT2D eigenvalue weighted by Gasteiger charge is -2.50. The molecule has 0 spiro atoms. The predicted molar refractivity (Wildman–Crippen MR) is 138 cm³/mol. The zero-order chi connectivity index (χ0) is 23.8. The molecule has 3 fully saturated rings. The van der Waals surface area contributed by atoms with Crippen molar-refractivity contribution in [3.05, 3.63) is 33.8 Å². The van der Waals surface area contributed by atoms with Gasteiger partial charge in [-0.2, -0.15) is 0 Å². The number of piperidine rings is 1. The van der Waals surface area contributed by atoms with Crippen LogP contribution < -0.4 is 0 Å². The average Bonchev–Trinajstić information content (AvgIpc) is 3.59. The molecule has 33 heavy (non-hydrogen) atoms. The number of carbonyl (C=O) groups excluding carboxylic acids is 1. The first-order valence-corrected chi connectivity index (χ1v) is 13.5. The van der Waals surface area contributed by atoms with Gasteiger partial charge in [-0.1, -0.05) is 62.9 Å². The Morgan fingerprint density at radius 3 is 2.30 bits per heavy atom. The first kappa shape index (κ1) is 25.3. The van der Waals surface area contributed by atoms with Gasteiger partial charge in [0.1, 0.15) is 0 Å². The second-order valence-corrected chi connectivity index (χ2v) is 12.6. The van der Waals surface area contributed by atoms with E-state index in [1.807, 2.05) is 6.07 Å². The summed E-state index contributed by atoms with van der Waals surface area (Å²) >= 11 is 12.6. The molecule has 184 valence electrons. The smallest absolute Gasteiger partial charge is 0.223 e. The minimum absolute atomic E-state index is 0.0306. The second kappa shape index (κ2) is 10.4. The van der Waals surface area contributed by atoms with Gasteiger partial charge in [0.15, 0.2) is 0 Å². The molecule has 2 heterocycles. The molecule has 6 heteroatoms. The maximum Gasteiger partial charge on any atom is 0.223 e. The average molecular weight is 495 g/mol. The first-order valence-electron chi connectivity index (χ1n) is 12.8. The molecular formula is C27H41Cl2N3O. The van der Waals surface area contributed by atoms with Crippen LogP contribution in [0.15, 0.2) is 18.2 Å². The Kier molecular flexibility index (Phi) is 8.00. The van der Waals surface area contributed by atoms with Crippen molar-refractivity contribution in [2.45, 2.75) is 71.4 Å². The molecule has 1 aromatic carbocycles. The Labute approximate surface area is 210 Å². The molecule has 2 unspecified atom stereocenters. The Morgan fingerprint density at radius 1 is 1.00 bits per heavy atom. The summed E-state index contributed by atoms with van der Waals surface area (Å²) in [6.45, 7) is 11.7. The molecule has 0 bridgehead atoms. The van der Waals surface area contributed by atoms with Gasteiger partial charge in [-0.3, -0.25) is 9.69 Å². The number of piperazine rings is 1. The van der Waals surface area contributed by atoms with Crippen molar-refractivity contribution >= 4 is 29.1 Å². The summed E-state index contributed by atoms with van der Waals surface area (Å²) in [6, 6.07) is 6.69. The van der Waals surface area contributed by atoms with Crippen molar-refractivity contribution in [2.24, 2.45) is 17.3 Å². The fourth-order valence-electron chi connectivity index (χ4n) is 5.64. The van der Waals surface area contributed by atoms with Crippen molar-refractivity contribution in [3.8, 4) is 0 Å². The summed E-state index contributed by atoms with van der Waals surface area (Å²) in [5, 5.41) is 1.25. The SMILES string of the molecule is CN1CCC(CC(=O)N2CCN(C(CC3CC3)c3ccc(Cl)c(Cl)c3)CC2C(C)(C)C)CC1. The molecule has 1 aliphatic carbocycles. The number of carbonyl (C=O) groups is 1. The summed E-state index contributed by atoms with van der Waals surface area (Å²) in [6.07, 6.45) is 6.81. The topological polar surface area (TPSA) is 26.8 Å². The van der Waals surface area contributed by atoms with Gasteiger partial charge in [0, 0.05) is 38.1 Å². The van der Waals surface area contributed by atoms with Gasteiger partial charge in [0.05, 0.1) is 10.0 Å². The molecule has 0 aromatic heterocycles. The van der Waals surface area contributed by atoms with Gasteiger partial charge < -0.3 is 9.80 Å². The number of rotatable bonds is 6. The zero-order valence-electron chi connectivity index (χ0n) is 20.8. The van der Waals surface area contributed by atoms with Crippen LogP contribution in [0.3, 0.4) is 0 Å². The molecule has 0 N–H and O–H groups in total. The molecule has 0 radical (unpaired) electrons. The Morgan fingerprint density at radius 2 is 1.70 bits per heavy atom. The highest BCUT2D eigenvalue weighted by molar-refractivity contribution is 6.42. The van der Waals surface area contributed by atoms with Crippen molar-refractivity contribution in [2.75, 3.05) is 39.8 Å². The van der Waals surface area contributed by atoms with Gasteiger partial charge in [-0.25, -0.2) is 0 Å². The van der Waals surface area contributed by atoms with Crippen LogP contribution >= 0.6 is 23.2 Å². The van der Waals surface area contributed by atoms with Gasteiger partial charge in [-0.15, -0.1) is 0 Å². The zero-order valence-corrected chi connectivity index (χ0v) is 22.3. The minimum Gasteiger partial charge on any atom is -0.337 e. The Balaban J connectivity index is 1.49. The standard InChI is InChI=1S/C27H41Cl2N3O/c1-27(2,3)25-18-31(13-14-32(25)26(33)16-20-9-11-30(4)12-10-20)24(15-19-5-6-19)21-7-8-22(28)23(29)17-21/h7-8,17,19-20,24-25H,5-6,9-16,18H2,1-4H3. The lowest BCUT2D eigenvalue weighted by atomic mass is 9.82. The lowest BCUT2D eigenvalue weighted by molar-refractivity contribution is -0.141. The maximum absolute atomic E-state index is 13.5. The molecule has 2 atom stereocenters. The molecule has 2 saturated heterocycles. The molecule has 1 aromatic rings. The maximum atomic E-state index is 13.5. The summed E-state index contributed by atoms with van der Waals surface area (Å²) in [7, 11) is 2.18. The monoisotopic (exact) mass is 493 g/mol. The molecule has 2 aliphatic heterocycles. The van der Waals surface area contributed by atoms with E-state index in [0.717, 1.165) is 51.5 Å². The normalized spacial score (nSPS) is 24.8. The summed E-state index contributed by atoms with van der Waals surface area (Å²) in [4.78, 5) is 20.7. The van der Waals surface area contributed by atoms with Crippen molar-refractivity contribution in [1.29, 1.82) is 0 Å². The predicted octanol–water partition coefficient (Wildman–Crippen LogP) is 6.13. The fraction of sp³-hybridized carbons (Fsp3) is 0.741. The van der Waals surface area contributed by atoms with Crippen molar-refractivity contribution < 1.29 is 4.79 Å². The molecular weight excluding hydrogens is 453 g/mol. The number of hydrogen-bond acceptors (Lipinski definition) is 3. The number of halogens is 2. The molecule has 4 rings (SSSR count). The van der Waals surface area contributed by atoms with Crippen LogP contribution in [0.1, 0.15) is 70.9 Å². The Bertz CT molecular complexity index is 827. The number of nitrogens with zero attached hydrogens (tertiary/aromatic N) is 3. The number of hydrogen-bond donors (Lipinski definition) is 0. The fourth-order valence-corrected chi connectivity index (χ4v) is 5.95. The Hall–Kier alpha value is -0.810. The highest BCUT2D eigenvalue weighted by Crippen LogP contribution is 2.42. The van der Waals surface area contributed by atoms with E-state index < -0.39 is 0 Å².